The van der Waals surface area contributed by atoms with Crippen molar-refractivity contribution in [1.82, 2.24) is 19.8 Å². The van der Waals surface area contributed by atoms with Gasteiger partial charge in [0.2, 0.25) is 0 Å². The zero-order chi connectivity index (χ0) is 12.5. The molecule has 18 heavy (non-hydrogen) atoms. The molecule has 3 aromatic rings. The molecular weight excluding hydrogens is 232 g/mol. The van der Waals surface area contributed by atoms with Gasteiger partial charge in [0.15, 0.2) is 0 Å². The summed E-state index contributed by atoms with van der Waals surface area (Å²) in [6, 6.07) is 5.31. The minimum absolute atomic E-state index is 0.175. The lowest BCUT2D eigenvalue weighted by Gasteiger charge is -2.05. The van der Waals surface area contributed by atoms with Crippen LogP contribution < -0.4 is 0 Å². The second kappa shape index (κ2) is 3.92. The van der Waals surface area contributed by atoms with Crippen LogP contribution in [0.25, 0.3) is 16.6 Å². The third-order valence-electron chi connectivity index (χ3n) is 2.66. The minimum Gasteiger partial charge on any atom is -0.478 e. The van der Waals surface area contributed by atoms with Gasteiger partial charge in [0, 0.05) is 18.6 Å². The molecule has 0 radical (unpaired) electrons. The summed E-state index contributed by atoms with van der Waals surface area (Å²) in [5.41, 5.74) is 2.40. The van der Waals surface area contributed by atoms with Crippen LogP contribution in [0, 0.1) is 0 Å². The van der Waals surface area contributed by atoms with Gasteiger partial charge in [0.25, 0.3) is 0 Å². The molecule has 3 aromatic heterocycles. The van der Waals surface area contributed by atoms with Crippen LogP contribution in [0.3, 0.4) is 0 Å². The van der Waals surface area contributed by atoms with Crippen LogP contribution >= 0.6 is 0 Å². The van der Waals surface area contributed by atoms with Crippen LogP contribution in [-0.2, 0) is 0 Å². The second-order valence-corrected chi connectivity index (χ2v) is 3.75. The molecule has 0 amide bonds. The number of rotatable bonds is 2. The lowest BCUT2D eigenvalue weighted by Crippen LogP contribution is -2.00. The Morgan fingerprint density at radius 3 is 3.00 bits per heavy atom. The third kappa shape index (κ3) is 1.60. The standard InChI is InChI=1S/C12H8N4O2/c17-12(18)11-7-13-3-1-10(11)8-2-4-16-9(5-8)6-14-15-16/h1-7H,(H,17,18). The van der Waals surface area contributed by atoms with Gasteiger partial charge in [0.05, 0.1) is 17.3 Å². The summed E-state index contributed by atoms with van der Waals surface area (Å²) in [6.07, 6.45) is 6.27. The van der Waals surface area contributed by atoms with Crippen molar-refractivity contribution in [2.75, 3.05) is 0 Å². The monoisotopic (exact) mass is 240 g/mol. The van der Waals surface area contributed by atoms with E-state index in [0.29, 0.717) is 5.56 Å². The molecule has 0 unspecified atom stereocenters. The van der Waals surface area contributed by atoms with E-state index in [9.17, 15) is 4.79 Å². The molecule has 6 heteroatoms. The maximum absolute atomic E-state index is 11.1. The molecule has 0 fully saturated rings. The highest BCUT2D eigenvalue weighted by Gasteiger charge is 2.11. The first kappa shape index (κ1) is 10.4. The molecular formula is C12H8N4O2. The zero-order valence-electron chi connectivity index (χ0n) is 9.19. The van der Waals surface area contributed by atoms with Gasteiger partial charge in [-0.3, -0.25) is 4.98 Å². The Morgan fingerprint density at radius 2 is 2.17 bits per heavy atom. The van der Waals surface area contributed by atoms with E-state index in [-0.39, 0.29) is 5.56 Å². The first-order valence-electron chi connectivity index (χ1n) is 5.23. The predicted molar refractivity (Wildman–Crippen MR) is 63.2 cm³/mol. The van der Waals surface area contributed by atoms with E-state index in [0.717, 1.165) is 11.1 Å². The van der Waals surface area contributed by atoms with Gasteiger partial charge in [-0.1, -0.05) is 5.21 Å². The van der Waals surface area contributed by atoms with Gasteiger partial charge in [-0.15, -0.1) is 5.10 Å². The number of hydrogen-bond donors (Lipinski definition) is 1. The van der Waals surface area contributed by atoms with Crippen LogP contribution in [0.1, 0.15) is 10.4 Å². The number of carboxylic acids is 1. The molecule has 0 bridgehead atoms. The van der Waals surface area contributed by atoms with Crippen LogP contribution in [0.5, 0.6) is 0 Å². The number of carbonyl (C=O) groups is 1. The fourth-order valence-corrected chi connectivity index (χ4v) is 1.81. The SMILES string of the molecule is O=C(O)c1cnccc1-c1ccn2nncc2c1. The Hall–Kier alpha value is -2.76. The van der Waals surface area contributed by atoms with Gasteiger partial charge in [-0.25, -0.2) is 9.31 Å². The molecule has 6 nitrogen and oxygen atoms in total. The van der Waals surface area contributed by atoms with E-state index in [4.69, 9.17) is 5.11 Å². The molecule has 0 atom stereocenters. The summed E-state index contributed by atoms with van der Waals surface area (Å²) in [5.74, 6) is -0.996. The summed E-state index contributed by atoms with van der Waals surface area (Å²) in [5, 5.41) is 16.8. The highest BCUT2D eigenvalue weighted by Crippen LogP contribution is 2.23. The fourth-order valence-electron chi connectivity index (χ4n) is 1.81. The molecule has 0 aromatic carbocycles. The maximum atomic E-state index is 11.1. The Bertz CT molecular complexity index is 736. The van der Waals surface area contributed by atoms with E-state index < -0.39 is 5.97 Å². The van der Waals surface area contributed by atoms with Crippen molar-refractivity contribution >= 4 is 11.5 Å². The van der Waals surface area contributed by atoms with Crippen molar-refractivity contribution < 1.29 is 9.90 Å². The lowest BCUT2D eigenvalue weighted by molar-refractivity contribution is 0.0697. The van der Waals surface area contributed by atoms with Gasteiger partial charge in [-0.2, -0.15) is 0 Å². The molecule has 88 valence electrons. The Labute approximate surface area is 102 Å². The highest BCUT2D eigenvalue weighted by atomic mass is 16.4. The molecule has 0 aliphatic heterocycles. The molecule has 3 heterocycles. The number of aromatic nitrogens is 4. The third-order valence-corrected chi connectivity index (χ3v) is 2.66. The van der Waals surface area contributed by atoms with E-state index in [1.165, 1.54) is 6.20 Å². The van der Waals surface area contributed by atoms with Gasteiger partial charge >= 0.3 is 5.97 Å². The zero-order valence-corrected chi connectivity index (χ0v) is 9.19. The van der Waals surface area contributed by atoms with Crippen molar-refractivity contribution in [3.05, 3.63) is 48.5 Å². The normalized spacial score (nSPS) is 10.7. The lowest BCUT2D eigenvalue weighted by atomic mass is 10.0. The average Bonchev–Trinajstić information content (AvgIpc) is 2.85. The summed E-state index contributed by atoms with van der Waals surface area (Å²) in [7, 11) is 0. The molecule has 3 rings (SSSR count). The average molecular weight is 240 g/mol. The number of pyridine rings is 2. The summed E-state index contributed by atoms with van der Waals surface area (Å²) in [6.45, 7) is 0. The first-order valence-corrected chi connectivity index (χ1v) is 5.23. The van der Waals surface area contributed by atoms with Crippen LogP contribution in [0.4, 0.5) is 0 Å². The topological polar surface area (TPSA) is 80.4 Å². The summed E-state index contributed by atoms with van der Waals surface area (Å²) in [4.78, 5) is 15.0. The quantitative estimate of drug-likeness (QED) is 0.734. The van der Waals surface area contributed by atoms with E-state index in [2.05, 4.69) is 15.3 Å². The molecule has 0 aliphatic rings. The van der Waals surface area contributed by atoms with Gasteiger partial charge in [-0.05, 0) is 29.3 Å². The fraction of sp³-hybridized carbons (Fsp3) is 0. The maximum Gasteiger partial charge on any atom is 0.337 e. The largest absolute Gasteiger partial charge is 0.478 e. The van der Waals surface area contributed by atoms with Crippen molar-refractivity contribution in [3.63, 3.8) is 0 Å². The molecule has 0 aliphatic carbocycles. The number of hydrogen-bond acceptors (Lipinski definition) is 4. The van der Waals surface area contributed by atoms with Crippen molar-refractivity contribution in [3.8, 4) is 11.1 Å². The number of fused-ring (bicyclic) bond motifs is 1. The summed E-state index contributed by atoms with van der Waals surface area (Å²) >= 11 is 0. The first-order chi connectivity index (χ1) is 8.75. The molecule has 0 saturated carbocycles. The van der Waals surface area contributed by atoms with Crippen molar-refractivity contribution in [2.24, 2.45) is 0 Å². The van der Waals surface area contributed by atoms with Crippen molar-refractivity contribution in [2.45, 2.75) is 0 Å². The Morgan fingerprint density at radius 1 is 1.28 bits per heavy atom. The number of aromatic carboxylic acids is 1. The molecule has 0 saturated heterocycles. The predicted octanol–water partition coefficient (Wildman–Crippen LogP) is 1.49. The van der Waals surface area contributed by atoms with Gasteiger partial charge in [0.1, 0.15) is 0 Å². The molecule has 1 N–H and O–H groups in total. The van der Waals surface area contributed by atoms with Crippen LogP contribution in [0.2, 0.25) is 0 Å². The van der Waals surface area contributed by atoms with Crippen LogP contribution in [0.15, 0.2) is 43.0 Å². The molecule has 0 spiro atoms. The number of nitrogens with zero attached hydrogens (tertiary/aromatic N) is 4. The highest BCUT2D eigenvalue weighted by molar-refractivity contribution is 5.95. The Kier molecular flexibility index (Phi) is 2.26. The van der Waals surface area contributed by atoms with E-state index >= 15 is 0 Å². The smallest absolute Gasteiger partial charge is 0.337 e. The number of carboxylic acid groups (broad SMARTS) is 1. The van der Waals surface area contributed by atoms with Gasteiger partial charge < -0.3 is 5.11 Å². The van der Waals surface area contributed by atoms with Crippen molar-refractivity contribution in [1.29, 1.82) is 0 Å². The van der Waals surface area contributed by atoms with E-state index in [1.54, 1.807) is 35.2 Å². The second-order valence-electron chi connectivity index (χ2n) is 3.75. The minimum atomic E-state index is -0.996. The Balaban J connectivity index is 2.22. The van der Waals surface area contributed by atoms with Crippen LogP contribution in [-0.4, -0.2) is 30.9 Å². The summed E-state index contributed by atoms with van der Waals surface area (Å²) < 4.78 is 1.62. The van der Waals surface area contributed by atoms with E-state index in [1.807, 2.05) is 6.07 Å².